The predicted molar refractivity (Wildman–Crippen MR) is 77.2 cm³/mol. The number of fused-ring (bicyclic) bond motifs is 1. The molecule has 18 heavy (non-hydrogen) atoms. The highest BCUT2D eigenvalue weighted by Gasteiger charge is 2.24. The molecule has 1 N–H and O–H groups in total. The molecule has 1 atom stereocenters. The molecule has 0 bridgehead atoms. The fraction of sp³-hybridized carbons (Fsp3) is 0.294. The molecule has 92 valence electrons. The first-order chi connectivity index (χ1) is 8.65. The molecule has 0 saturated carbocycles. The maximum Gasteiger partial charge on any atom is 0.0555 e. The van der Waals surface area contributed by atoms with Crippen LogP contribution in [-0.4, -0.2) is 0 Å². The topological polar surface area (TPSA) is 12.0 Å². The molecule has 1 unspecified atom stereocenters. The molecule has 0 spiro atoms. The van der Waals surface area contributed by atoms with E-state index in [0.29, 0.717) is 6.04 Å². The van der Waals surface area contributed by atoms with E-state index in [9.17, 15) is 0 Å². The molecule has 0 saturated heterocycles. The fourth-order valence-electron chi connectivity index (χ4n) is 2.76. The first-order valence-electron chi connectivity index (χ1n) is 6.57. The van der Waals surface area contributed by atoms with Gasteiger partial charge in [-0.3, -0.25) is 0 Å². The molecule has 3 rings (SSSR count). The Balaban J connectivity index is 1.95. The molecular formula is C17H19N. The van der Waals surface area contributed by atoms with Crippen LogP contribution in [0.2, 0.25) is 0 Å². The van der Waals surface area contributed by atoms with Gasteiger partial charge in [0.25, 0.3) is 0 Å². The van der Waals surface area contributed by atoms with E-state index in [1.54, 1.807) is 0 Å². The summed E-state index contributed by atoms with van der Waals surface area (Å²) in [7, 11) is 0. The maximum absolute atomic E-state index is 3.68. The van der Waals surface area contributed by atoms with Crippen molar-refractivity contribution in [3.63, 3.8) is 0 Å². The third kappa shape index (κ3) is 1.80. The third-order valence-electron chi connectivity index (χ3n) is 3.96. The zero-order valence-electron chi connectivity index (χ0n) is 11.2. The number of hydrogen-bond acceptors (Lipinski definition) is 1. The van der Waals surface area contributed by atoms with Gasteiger partial charge < -0.3 is 5.32 Å². The van der Waals surface area contributed by atoms with Gasteiger partial charge in [0.05, 0.1) is 6.04 Å². The van der Waals surface area contributed by atoms with Gasteiger partial charge >= 0.3 is 0 Å². The van der Waals surface area contributed by atoms with Crippen molar-refractivity contribution in [3.8, 4) is 0 Å². The lowest BCUT2D eigenvalue weighted by Crippen LogP contribution is -2.05. The Hall–Kier alpha value is -1.76. The highest BCUT2D eigenvalue weighted by atomic mass is 15.0. The zero-order valence-corrected chi connectivity index (χ0v) is 11.2. The summed E-state index contributed by atoms with van der Waals surface area (Å²) in [5, 5.41) is 3.68. The van der Waals surface area contributed by atoms with Crippen molar-refractivity contribution >= 4 is 5.69 Å². The smallest absolute Gasteiger partial charge is 0.0555 e. The summed E-state index contributed by atoms with van der Waals surface area (Å²) in [6.45, 7) is 6.52. The summed E-state index contributed by atoms with van der Waals surface area (Å²) >= 11 is 0. The van der Waals surface area contributed by atoms with Gasteiger partial charge in [-0.05, 0) is 49.4 Å². The predicted octanol–water partition coefficient (Wildman–Crippen LogP) is 4.32. The van der Waals surface area contributed by atoms with E-state index in [1.165, 1.54) is 33.5 Å². The zero-order chi connectivity index (χ0) is 12.7. The van der Waals surface area contributed by atoms with Crippen LogP contribution in [0.1, 0.15) is 33.9 Å². The fourth-order valence-corrected chi connectivity index (χ4v) is 2.76. The lowest BCUT2D eigenvalue weighted by molar-refractivity contribution is 0.821. The lowest BCUT2D eigenvalue weighted by atomic mass is 9.98. The van der Waals surface area contributed by atoms with E-state index in [2.05, 4.69) is 62.5 Å². The van der Waals surface area contributed by atoms with Gasteiger partial charge in [-0.2, -0.15) is 0 Å². The van der Waals surface area contributed by atoms with Gasteiger partial charge in [0, 0.05) is 5.69 Å². The minimum atomic E-state index is 0.431. The van der Waals surface area contributed by atoms with E-state index < -0.39 is 0 Å². The van der Waals surface area contributed by atoms with Crippen LogP contribution in [0.4, 0.5) is 5.69 Å². The Kier molecular flexibility index (Phi) is 2.62. The minimum absolute atomic E-state index is 0.431. The Labute approximate surface area is 109 Å². The van der Waals surface area contributed by atoms with Crippen LogP contribution in [0.15, 0.2) is 36.4 Å². The minimum Gasteiger partial charge on any atom is -0.377 e. The number of hydrogen-bond donors (Lipinski definition) is 1. The van der Waals surface area contributed by atoms with Crippen molar-refractivity contribution in [2.24, 2.45) is 0 Å². The first kappa shape index (κ1) is 11.3. The van der Waals surface area contributed by atoms with Gasteiger partial charge in [-0.25, -0.2) is 0 Å². The number of nitrogens with one attached hydrogen (secondary N) is 1. The number of benzene rings is 2. The lowest BCUT2D eigenvalue weighted by Gasteiger charge is -2.12. The normalized spacial score (nSPS) is 17.4. The highest BCUT2D eigenvalue weighted by Crippen LogP contribution is 2.38. The Bertz CT molecular complexity index is 550. The number of anilines is 1. The van der Waals surface area contributed by atoms with Gasteiger partial charge in [0.15, 0.2) is 0 Å². The van der Waals surface area contributed by atoms with Crippen LogP contribution < -0.4 is 5.32 Å². The molecule has 1 heterocycles. The quantitative estimate of drug-likeness (QED) is 0.778. The van der Waals surface area contributed by atoms with Gasteiger partial charge in [0.1, 0.15) is 0 Å². The summed E-state index contributed by atoms with van der Waals surface area (Å²) in [5.41, 5.74) is 8.29. The summed E-state index contributed by atoms with van der Waals surface area (Å²) in [6.07, 6.45) is 1.10. The molecule has 0 aliphatic carbocycles. The highest BCUT2D eigenvalue weighted by molar-refractivity contribution is 5.65. The largest absolute Gasteiger partial charge is 0.377 e. The Morgan fingerprint density at radius 2 is 1.56 bits per heavy atom. The van der Waals surface area contributed by atoms with Crippen molar-refractivity contribution in [2.75, 3.05) is 5.32 Å². The Morgan fingerprint density at radius 1 is 0.889 bits per heavy atom. The summed E-state index contributed by atoms with van der Waals surface area (Å²) in [4.78, 5) is 0. The molecule has 0 amide bonds. The van der Waals surface area contributed by atoms with Crippen LogP contribution in [0.5, 0.6) is 0 Å². The van der Waals surface area contributed by atoms with Gasteiger partial charge in [-0.1, -0.05) is 42.0 Å². The van der Waals surface area contributed by atoms with Gasteiger partial charge in [0.2, 0.25) is 0 Å². The molecule has 2 aromatic carbocycles. The van der Waals surface area contributed by atoms with E-state index in [-0.39, 0.29) is 0 Å². The second kappa shape index (κ2) is 4.16. The monoisotopic (exact) mass is 237 g/mol. The molecule has 0 aromatic heterocycles. The molecule has 1 aliphatic heterocycles. The second-order valence-corrected chi connectivity index (χ2v) is 5.36. The van der Waals surface area contributed by atoms with Crippen LogP contribution in [0.3, 0.4) is 0 Å². The molecule has 2 aromatic rings. The second-order valence-electron chi connectivity index (χ2n) is 5.36. The van der Waals surface area contributed by atoms with Crippen molar-refractivity contribution < 1.29 is 0 Å². The molecular weight excluding hydrogens is 218 g/mol. The SMILES string of the molecule is Cc1ccc(C2Cc3c(C)ccc(C)c3N2)cc1. The number of rotatable bonds is 1. The van der Waals surface area contributed by atoms with Crippen molar-refractivity contribution in [1.29, 1.82) is 0 Å². The molecule has 0 fully saturated rings. The van der Waals surface area contributed by atoms with Crippen LogP contribution in [0.25, 0.3) is 0 Å². The summed E-state index contributed by atoms with van der Waals surface area (Å²) in [6, 6.07) is 13.7. The summed E-state index contributed by atoms with van der Waals surface area (Å²) < 4.78 is 0. The third-order valence-corrected chi connectivity index (χ3v) is 3.96. The Morgan fingerprint density at radius 3 is 2.22 bits per heavy atom. The van der Waals surface area contributed by atoms with Crippen molar-refractivity contribution in [3.05, 3.63) is 64.2 Å². The molecule has 1 heteroatoms. The van der Waals surface area contributed by atoms with Crippen LogP contribution in [0, 0.1) is 20.8 Å². The standard InChI is InChI=1S/C17H19N/c1-11-4-8-14(9-5-11)16-10-15-12(2)6-7-13(3)17(15)18-16/h4-9,16,18H,10H2,1-3H3. The van der Waals surface area contributed by atoms with Gasteiger partial charge in [-0.15, -0.1) is 0 Å². The average molecular weight is 237 g/mol. The van der Waals surface area contributed by atoms with Crippen molar-refractivity contribution in [2.45, 2.75) is 33.2 Å². The average Bonchev–Trinajstić information content (AvgIpc) is 2.81. The van der Waals surface area contributed by atoms with Crippen LogP contribution >= 0.6 is 0 Å². The molecule has 1 aliphatic rings. The maximum atomic E-state index is 3.68. The van der Waals surface area contributed by atoms with E-state index in [0.717, 1.165) is 6.42 Å². The van der Waals surface area contributed by atoms with Crippen LogP contribution in [-0.2, 0) is 6.42 Å². The number of aryl methyl sites for hydroxylation is 3. The first-order valence-corrected chi connectivity index (χ1v) is 6.57. The molecule has 0 radical (unpaired) electrons. The van der Waals surface area contributed by atoms with E-state index >= 15 is 0 Å². The van der Waals surface area contributed by atoms with E-state index in [1.807, 2.05) is 0 Å². The van der Waals surface area contributed by atoms with E-state index in [4.69, 9.17) is 0 Å². The summed E-state index contributed by atoms with van der Waals surface area (Å²) in [5.74, 6) is 0. The van der Waals surface area contributed by atoms with Crippen molar-refractivity contribution in [1.82, 2.24) is 0 Å². The molecule has 1 nitrogen and oxygen atoms in total.